The highest BCUT2D eigenvalue weighted by molar-refractivity contribution is 8.00. The van der Waals surface area contributed by atoms with Crippen LogP contribution in [-0.4, -0.2) is 11.0 Å². The predicted molar refractivity (Wildman–Crippen MR) is 55.3 cm³/mol. The SMILES string of the molecule is O=C1CCC1Sc1ccc(Cl)cc1. The number of Topliss-reactive ketones (excluding diaryl/α,β-unsaturated/α-hetero) is 1. The van der Waals surface area contributed by atoms with E-state index in [9.17, 15) is 4.79 Å². The first-order valence-corrected chi connectivity index (χ1v) is 5.46. The molecule has 68 valence electrons. The number of ketones is 1. The monoisotopic (exact) mass is 212 g/mol. The Bertz CT molecular complexity index is 320. The van der Waals surface area contributed by atoms with Gasteiger partial charge in [0.1, 0.15) is 5.78 Å². The highest BCUT2D eigenvalue weighted by atomic mass is 35.5. The third-order valence-corrected chi connectivity index (χ3v) is 3.68. The third-order valence-electron chi connectivity index (χ3n) is 2.10. The minimum Gasteiger partial charge on any atom is -0.298 e. The summed E-state index contributed by atoms with van der Waals surface area (Å²) in [6.45, 7) is 0. The molecule has 0 spiro atoms. The Morgan fingerprint density at radius 2 is 2.00 bits per heavy atom. The minimum absolute atomic E-state index is 0.196. The van der Waals surface area contributed by atoms with E-state index in [1.165, 1.54) is 0 Å². The van der Waals surface area contributed by atoms with Gasteiger partial charge >= 0.3 is 0 Å². The number of carbonyl (C=O) groups is 1. The van der Waals surface area contributed by atoms with E-state index in [-0.39, 0.29) is 5.25 Å². The van der Waals surface area contributed by atoms with Crippen molar-refractivity contribution >= 4 is 29.1 Å². The molecule has 0 bridgehead atoms. The lowest BCUT2D eigenvalue weighted by molar-refractivity contribution is -0.122. The molecule has 3 heteroatoms. The molecule has 1 aliphatic rings. The number of halogens is 1. The second kappa shape index (κ2) is 3.72. The molecule has 0 amide bonds. The lowest BCUT2D eigenvalue weighted by Gasteiger charge is -2.22. The summed E-state index contributed by atoms with van der Waals surface area (Å²) in [5.74, 6) is 0.375. The summed E-state index contributed by atoms with van der Waals surface area (Å²) >= 11 is 7.39. The van der Waals surface area contributed by atoms with Gasteiger partial charge < -0.3 is 0 Å². The summed E-state index contributed by atoms with van der Waals surface area (Å²) in [6, 6.07) is 7.62. The van der Waals surface area contributed by atoms with Crippen LogP contribution in [0.5, 0.6) is 0 Å². The summed E-state index contributed by atoms with van der Waals surface area (Å²) in [5.41, 5.74) is 0. The molecule has 1 aliphatic carbocycles. The van der Waals surface area contributed by atoms with Gasteiger partial charge in [0.2, 0.25) is 0 Å². The van der Waals surface area contributed by atoms with Crippen molar-refractivity contribution in [2.45, 2.75) is 23.0 Å². The van der Waals surface area contributed by atoms with E-state index < -0.39 is 0 Å². The molecule has 1 saturated carbocycles. The van der Waals surface area contributed by atoms with E-state index in [1.807, 2.05) is 24.3 Å². The molecule has 0 N–H and O–H groups in total. The van der Waals surface area contributed by atoms with Crippen LogP contribution in [0.15, 0.2) is 29.2 Å². The second-order valence-electron chi connectivity index (χ2n) is 3.07. The van der Waals surface area contributed by atoms with Gasteiger partial charge in [-0.3, -0.25) is 4.79 Å². The number of benzene rings is 1. The lowest BCUT2D eigenvalue weighted by Crippen LogP contribution is -2.27. The molecule has 0 heterocycles. The number of hydrogen-bond donors (Lipinski definition) is 0. The Labute approximate surface area is 86.5 Å². The molecular formula is C10H9ClOS. The Morgan fingerprint density at radius 3 is 2.46 bits per heavy atom. The quantitative estimate of drug-likeness (QED) is 0.749. The molecule has 1 atom stereocenters. The van der Waals surface area contributed by atoms with Gasteiger partial charge in [-0.1, -0.05) is 11.6 Å². The first kappa shape index (κ1) is 9.10. The van der Waals surface area contributed by atoms with Crippen LogP contribution in [0.3, 0.4) is 0 Å². The van der Waals surface area contributed by atoms with E-state index >= 15 is 0 Å². The fraction of sp³-hybridized carbons (Fsp3) is 0.300. The van der Waals surface area contributed by atoms with Gasteiger partial charge in [-0.05, 0) is 30.7 Å². The van der Waals surface area contributed by atoms with E-state index in [1.54, 1.807) is 11.8 Å². The maximum atomic E-state index is 11.1. The highest BCUT2D eigenvalue weighted by Gasteiger charge is 2.28. The van der Waals surface area contributed by atoms with Crippen LogP contribution in [0.1, 0.15) is 12.8 Å². The van der Waals surface area contributed by atoms with Gasteiger partial charge in [0, 0.05) is 16.3 Å². The highest BCUT2D eigenvalue weighted by Crippen LogP contribution is 2.34. The van der Waals surface area contributed by atoms with Crippen molar-refractivity contribution in [3.63, 3.8) is 0 Å². The zero-order valence-electron chi connectivity index (χ0n) is 7.00. The van der Waals surface area contributed by atoms with Gasteiger partial charge in [0.25, 0.3) is 0 Å². The molecule has 1 unspecified atom stereocenters. The van der Waals surface area contributed by atoms with Gasteiger partial charge in [0.05, 0.1) is 5.25 Å². The molecule has 0 aromatic heterocycles. The van der Waals surface area contributed by atoms with Crippen LogP contribution >= 0.6 is 23.4 Å². The average molecular weight is 213 g/mol. The summed E-state index contributed by atoms with van der Waals surface area (Å²) in [6.07, 6.45) is 1.78. The van der Waals surface area contributed by atoms with Crippen molar-refractivity contribution < 1.29 is 4.79 Å². The van der Waals surface area contributed by atoms with Crippen molar-refractivity contribution in [2.75, 3.05) is 0 Å². The van der Waals surface area contributed by atoms with Gasteiger partial charge in [0.15, 0.2) is 0 Å². The van der Waals surface area contributed by atoms with Crippen LogP contribution in [0.25, 0.3) is 0 Å². The van der Waals surface area contributed by atoms with Gasteiger partial charge in [-0.2, -0.15) is 0 Å². The molecule has 13 heavy (non-hydrogen) atoms. The fourth-order valence-corrected chi connectivity index (χ4v) is 2.41. The average Bonchev–Trinajstić information content (AvgIpc) is 2.15. The Kier molecular flexibility index (Phi) is 2.61. The van der Waals surface area contributed by atoms with E-state index in [0.29, 0.717) is 5.78 Å². The summed E-state index contributed by atoms with van der Waals surface area (Å²) in [5, 5.41) is 0.936. The van der Waals surface area contributed by atoms with E-state index in [4.69, 9.17) is 11.6 Å². The van der Waals surface area contributed by atoms with Crippen molar-refractivity contribution in [2.24, 2.45) is 0 Å². The third kappa shape index (κ3) is 2.06. The Balaban J connectivity index is 2.01. The number of hydrogen-bond acceptors (Lipinski definition) is 2. The van der Waals surface area contributed by atoms with Crippen LogP contribution < -0.4 is 0 Å². The second-order valence-corrected chi connectivity index (χ2v) is 4.78. The van der Waals surface area contributed by atoms with E-state index in [2.05, 4.69) is 0 Å². The van der Waals surface area contributed by atoms with E-state index in [0.717, 1.165) is 22.8 Å². The molecule has 0 radical (unpaired) electrons. The lowest BCUT2D eigenvalue weighted by atomic mass is 9.98. The molecule has 1 nitrogen and oxygen atoms in total. The standard InChI is InChI=1S/C10H9ClOS/c11-7-1-3-8(4-2-7)13-10-6-5-9(10)12/h1-4,10H,5-6H2. The largest absolute Gasteiger partial charge is 0.298 e. The molecule has 2 rings (SSSR count). The van der Waals surface area contributed by atoms with Crippen molar-refractivity contribution in [1.29, 1.82) is 0 Å². The van der Waals surface area contributed by atoms with Crippen LogP contribution in [0.4, 0.5) is 0 Å². The number of thioether (sulfide) groups is 1. The Hall–Kier alpha value is -0.470. The summed E-state index contributed by atoms with van der Waals surface area (Å²) < 4.78 is 0. The number of carbonyl (C=O) groups excluding carboxylic acids is 1. The first-order valence-electron chi connectivity index (χ1n) is 4.20. The topological polar surface area (TPSA) is 17.1 Å². The molecule has 0 saturated heterocycles. The van der Waals surface area contributed by atoms with Gasteiger partial charge in [-0.15, -0.1) is 11.8 Å². The smallest absolute Gasteiger partial charge is 0.146 e. The number of rotatable bonds is 2. The maximum absolute atomic E-state index is 11.1. The summed E-state index contributed by atoms with van der Waals surface area (Å²) in [7, 11) is 0. The van der Waals surface area contributed by atoms with Crippen LogP contribution in [0, 0.1) is 0 Å². The minimum atomic E-state index is 0.196. The molecular weight excluding hydrogens is 204 g/mol. The van der Waals surface area contributed by atoms with Crippen molar-refractivity contribution in [3.05, 3.63) is 29.3 Å². The fourth-order valence-electron chi connectivity index (χ4n) is 1.18. The first-order chi connectivity index (χ1) is 6.25. The molecule has 1 fully saturated rings. The van der Waals surface area contributed by atoms with Crippen molar-refractivity contribution in [1.82, 2.24) is 0 Å². The Morgan fingerprint density at radius 1 is 1.31 bits per heavy atom. The zero-order valence-corrected chi connectivity index (χ0v) is 8.57. The summed E-state index contributed by atoms with van der Waals surface area (Å²) in [4.78, 5) is 12.2. The normalized spacial score (nSPS) is 21.3. The van der Waals surface area contributed by atoms with Crippen LogP contribution in [-0.2, 0) is 4.79 Å². The maximum Gasteiger partial charge on any atom is 0.146 e. The zero-order chi connectivity index (χ0) is 9.26. The molecule has 1 aromatic carbocycles. The van der Waals surface area contributed by atoms with Crippen LogP contribution in [0.2, 0.25) is 5.02 Å². The molecule has 0 aliphatic heterocycles. The molecule has 1 aromatic rings. The predicted octanol–water partition coefficient (Wildman–Crippen LogP) is 3.16. The van der Waals surface area contributed by atoms with Crippen molar-refractivity contribution in [3.8, 4) is 0 Å². The van der Waals surface area contributed by atoms with Gasteiger partial charge in [-0.25, -0.2) is 0 Å².